The molecule has 3 aromatic rings. The third-order valence-corrected chi connectivity index (χ3v) is 6.11. The quantitative estimate of drug-likeness (QED) is 0.427. The van der Waals surface area contributed by atoms with Crippen molar-refractivity contribution in [1.29, 1.82) is 0 Å². The second-order valence-corrected chi connectivity index (χ2v) is 8.63. The summed E-state index contributed by atoms with van der Waals surface area (Å²) in [5, 5.41) is 12.9. The molecule has 0 aliphatic carbocycles. The van der Waals surface area contributed by atoms with Gasteiger partial charge in [-0.1, -0.05) is 57.5 Å². The molecule has 1 unspecified atom stereocenters. The number of benzene rings is 1. The number of hydrogen-bond donors (Lipinski definition) is 1. The molecule has 156 valence electrons. The zero-order valence-corrected chi connectivity index (χ0v) is 18.3. The first-order valence-corrected chi connectivity index (χ1v) is 11.2. The highest BCUT2D eigenvalue weighted by Crippen LogP contribution is 2.21. The fourth-order valence-electron chi connectivity index (χ4n) is 3.14. The second kappa shape index (κ2) is 9.43. The van der Waals surface area contributed by atoms with E-state index in [2.05, 4.69) is 36.3 Å². The van der Waals surface area contributed by atoms with E-state index in [0.29, 0.717) is 28.8 Å². The van der Waals surface area contributed by atoms with Crippen molar-refractivity contribution in [2.24, 2.45) is 5.92 Å². The van der Waals surface area contributed by atoms with Gasteiger partial charge in [-0.25, -0.2) is 0 Å². The van der Waals surface area contributed by atoms with Crippen LogP contribution in [-0.4, -0.2) is 36.9 Å². The number of aromatic nitrogens is 4. The van der Waals surface area contributed by atoms with Gasteiger partial charge in [-0.3, -0.25) is 18.6 Å². The Bertz CT molecular complexity index is 1060. The smallest absolute Gasteiger partial charge is 0.262 e. The van der Waals surface area contributed by atoms with Crippen molar-refractivity contribution in [2.45, 2.75) is 64.7 Å². The number of fused-ring (bicyclic) bond motifs is 3. The molecule has 0 radical (unpaired) electrons. The molecular formula is C21H29N5O2S. The number of unbranched alkanes of at least 4 members (excludes halogenated alkanes) is 2. The highest BCUT2D eigenvalue weighted by Gasteiger charge is 2.18. The van der Waals surface area contributed by atoms with E-state index in [1.165, 1.54) is 11.8 Å². The van der Waals surface area contributed by atoms with Crippen LogP contribution in [0.1, 0.15) is 47.0 Å². The number of rotatable bonds is 9. The van der Waals surface area contributed by atoms with Crippen molar-refractivity contribution in [1.82, 2.24) is 24.5 Å². The average Bonchev–Trinajstić information content (AvgIpc) is 3.13. The van der Waals surface area contributed by atoms with E-state index >= 15 is 0 Å². The van der Waals surface area contributed by atoms with Gasteiger partial charge in [-0.15, -0.1) is 10.2 Å². The van der Waals surface area contributed by atoms with Crippen LogP contribution in [0.3, 0.4) is 0 Å². The van der Waals surface area contributed by atoms with Crippen LogP contribution in [-0.2, 0) is 11.3 Å². The molecular weight excluding hydrogens is 386 g/mol. The maximum atomic E-state index is 13.0. The second-order valence-electron chi connectivity index (χ2n) is 7.69. The van der Waals surface area contributed by atoms with Crippen LogP contribution in [0.2, 0.25) is 0 Å². The van der Waals surface area contributed by atoms with Crippen molar-refractivity contribution in [3.05, 3.63) is 34.6 Å². The van der Waals surface area contributed by atoms with Crippen LogP contribution in [0, 0.1) is 5.92 Å². The van der Waals surface area contributed by atoms with Crippen molar-refractivity contribution in [3.63, 3.8) is 0 Å². The van der Waals surface area contributed by atoms with Gasteiger partial charge in [-0.2, -0.15) is 0 Å². The Balaban J connectivity index is 1.95. The van der Waals surface area contributed by atoms with Crippen molar-refractivity contribution < 1.29 is 4.79 Å². The van der Waals surface area contributed by atoms with Gasteiger partial charge >= 0.3 is 0 Å². The van der Waals surface area contributed by atoms with Crippen LogP contribution in [0.5, 0.6) is 0 Å². The summed E-state index contributed by atoms with van der Waals surface area (Å²) >= 11 is 1.34. The van der Waals surface area contributed by atoms with E-state index < -0.39 is 0 Å². The molecule has 3 rings (SSSR count). The number of thioether (sulfide) groups is 1. The Labute approximate surface area is 174 Å². The molecule has 29 heavy (non-hydrogen) atoms. The lowest BCUT2D eigenvalue weighted by molar-refractivity contribution is -0.119. The molecule has 2 aromatic heterocycles. The standard InChI is InChI=1S/C21H29N5O2S/c1-5-6-9-12-25-19(28)16-10-7-8-11-17(16)26-20(25)23-24-21(26)29-13-18(27)22-15(4)14(2)3/h7-8,10-11,14-15H,5-6,9,12-13H2,1-4H3,(H,22,27). The zero-order valence-electron chi connectivity index (χ0n) is 17.5. The number of aryl methyl sites for hydroxylation is 1. The number of carbonyl (C=O) groups is 1. The third kappa shape index (κ3) is 4.63. The average molecular weight is 416 g/mol. The number of nitrogens with zero attached hydrogens (tertiary/aromatic N) is 4. The lowest BCUT2D eigenvalue weighted by atomic mass is 10.1. The summed E-state index contributed by atoms with van der Waals surface area (Å²) in [4.78, 5) is 25.3. The maximum Gasteiger partial charge on any atom is 0.262 e. The predicted octanol–water partition coefficient (Wildman–Crippen LogP) is 3.49. The first-order chi connectivity index (χ1) is 13.9. The SMILES string of the molecule is CCCCCn1c(=O)c2ccccc2n2c(SCC(=O)NC(C)C(C)C)nnc12. The van der Waals surface area contributed by atoms with Crippen LogP contribution in [0.15, 0.2) is 34.2 Å². The molecule has 0 spiro atoms. The molecule has 1 atom stereocenters. The van der Waals surface area contributed by atoms with Gasteiger partial charge < -0.3 is 5.32 Å². The molecule has 1 amide bonds. The molecule has 0 saturated carbocycles. The Morgan fingerprint density at radius 2 is 1.93 bits per heavy atom. The summed E-state index contributed by atoms with van der Waals surface area (Å²) in [6.07, 6.45) is 3.04. The van der Waals surface area contributed by atoms with Gasteiger partial charge in [-0.05, 0) is 31.4 Å². The van der Waals surface area contributed by atoms with Crippen LogP contribution < -0.4 is 10.9 Å². The Morgan fingerprint density at radius 1 is 1.17 bits per heavy atom. The minimum Gasteiger partial charge on any atom is -0.353 e. The van der Waals surface area contributed by atoms with Crippen LogP contribution in [0.25, 0.3) is 16.7 Å². The molecule has 0 aliphatic heterocycles. The summed E-state index contributed by atoms with van der Waals surface area (Å²) in [5.41, 5.74) is 0.722. The lowest BCUT2D eigenvalue weighted by Gasteiger charge is -2.17. The van der Waals surface area contributed by atoms with E-state index in [4.69, 9.17) is 0 Å². The van der Waals surface area contributed by atoms with Gasteiger partial charge in [0.2, 0.25) is 11.7 Å². The minimum atomic E-state index is -0.0448. The highest BCUT2D eigenvalue weighted by atomic mass is 32.2. The summed E-state index contributed by atoms with van der Waals surface area (Å²) < 4.78 is 3.60. The zero-order chi connectivity index (χ0) is 21.0. The molecule has 1 N–H and O–H groups in total. The fraction of sp³-hybridized carbons (Fsp3) is 0.524. The monoisotopic (exact) mass is 415 g/mol. The summed E-state index contributed by atoms with van der Waals surface area (Å²) in [6, 6.07) is 7.61. The molecule has 7 nitrogen and oxygen atoms in total. The topological polar surface area (TPSA) is 81.3 Å². The lowest BCUT2D eigenvalue weighted by Crippen LogP contribution is -2.37. The molecule has 0 aliphatic rings. The molecule has 0 bridgehead atoms. The van der Waals surface area contributed by atoms with Gasteiger partial charge in [0.25, 0.3) is 5.56 Å². The maximum absolute atomic E-state index is 13.0. The van der Waals surface area contributed by atoms with E-state index in [-0.39, 0.29) is 23.3 Å². The van der Waals surface area contributed by atoms with Gasteiger partial charge in [0, 0.05) is 12.6 Å². The number of nitrogens with one attached hydrogen (secondary N) is 1. The van der Waals surface area contributed by atoms with Crippen molar-refractivity contribution >= 4 is 34.3 Å². The predicted molar refractivity (Wildman–Crippen MR) is 117 cm³/mol. The van der Waals surface area contributed by atoms with Gasteiger partial charge in [0.1, 0.15) is 0 Å². The number of hydrogen-bond acceptors (Lipinski definition) is 5. The Hall–Kier alpha value is -2.35. The highest BCUT2D eigenvalue weighted by molar-refractivity contribution is 7.99. The molecule has 0 fully saturated rings. The molecule has 1 aromatic carbocycles. The number of amides is 1. The molecule has 2 heterocycles. The van der Waals surface area contributed by atoms with Gasteiger partial charge in [0.05, 0.1) is 16.7 Å². The largest absolute Gasteiger partial charge is 0.353 e. The third-order valence-electron chi connectivity index (χ3n) is 5.18. The number of carbonyl (C=O) groups excluding carboxylic acids is 1. The van der Waals surface area contributed by atoms with E-state index in [1.807, 2.05) is 35.6 Å². The Kier molecular flexibility index (Phi) is 6.95. The normalized spacial score (nSPS) is 12.7. The first-order valence-electron chi connectivity index (χ1n) is 10.2. The Morgan fingerprint density at radius 3 is 2.66 bits per heavy atom. The molecule has 0 saturated heterocycles. The first kappa shape index (κ1) is 21.4. The van der Waals surface area contributed by atoms with E-state index in [1.54, 1.807) is 4.57 Å². The van der Waals surface area contributed by atoms with Crippen LogP contribution in [0.4, 0.5) is 0 Å². The van der Waals surface area contributed by atoms with Crippen LogP contribution >= 0.6 is 11.8 Å². The van der Waals surface area contributed by atoms with Crippen molar-refractivity contribution in [3.8, 4) is 0 Å². The van der Waals surface area contributed by atoms with Crippen molar-refractivity contribution in [2.75, 3.05) is 5.75 Å². The van der Waals surface area contributed by atoms with E-state index in [9.17, 15) is 9.59 Å². The minimum absolute atomic E-state index is 0.0338. The van der Waals surface area contributed by atoms with Gasteiger partial charge in [0.15, 0.2) is 5.16 Å². The molecule has 8 heteroatoms. The summed E-state index contributed by atoms with van der Waals surface area (Å²) in [6.45, 7) is 8.90. The fourth-order valence-corrected chi connectivity index (χ4v) is 3.89. The number of para-hydroxylation sites is 1. The summed E-state index contributed by atoms with van der Waals surface area (Å²) in [5.74, 6) is 1.12. The summed E-state index contributed by atoms with van der Waals surface area (Å²) in [7, 11) is 0. The van der Waals surface area contributed by atoms with E-state index in [0.717, 1.165) is 24.8 Å².